The van der Waals surface area contributed by atoms with Crippen LogP contribution in [-0.2, 0) is 4.74 Å². The van der Waals surface area contributed by atoms with E-state index in [2.05, 4.69) is 31.7 Å². The highest BCUT2D eigenvalue weighted by Gasteiger charge is 2.06. The molecule has 5 nitrogen and oxygen atoms in total. The van der Waals surface area contributed by atoms with Crippen molar-refractivity contribution in [1.82, 2.24) is 5.43 Å². The number of ether oxygens (including phenoxy) is 1. The summed E-state index contributed by atoms with van der Waals surface area (Å²) in [5.41, 5.74) is 2.68. The molecule has 0 amide bonds. The van der Waals surface area contributed by atoms with Crippen LogP contribution in [0.15, 0.2) is 27.7 Å². The average Bonchev–Trinajstić information content (AvgIpc) is 2.31. The number of guanidine groups is 1. The fraction of sp³-hybridized carbons (Fsp3) is 0.364. The van der Waals surface area contributed by atoms with Gasteiger partial charge in [-0.05, 0) is 25.1 Å². The molecule has 1 rings (SSSR count). The van der Waals surface area contributed by atoms with E-state index in [1.54, 1.807) is 19.2 Å². The normalized spacial score (nSPS) is 13.3. The van der Waals surface area contributed by atoms with E-state index in [0.29, 0.717) is 16.8 Å². The predicted molar refractivity (Wildman–Crippen MR) is 73.8 cm³/mol. The first kappa shape index (κ1) is 14.9. The molecule has 1 unspecified atom stereocenters. The van der Waals surface area contributed by atoms with Crippen LogP contribution in [0, 0.1) is 5.82 Å². The van der Waals surface area contributed by atoms with Crippen LogP contribution in [0.4, 0.5) is 10.1 Å². The lowest BCUT2D eigenvalue weighted by molar-refractivity contribution is 0.185. The standard InChI is InChI=1S/C11H16BrFN4O/c1-7(6-18-2)15-11(17-14)16-10-4-3-8(12)5-9(10)13/h3-5,7H,6,14H2,1-2H3,(H2,15,16,17). The third-order valence-corrected chi connectivity index (χ3v) is 2.57. The summed E-state index contributed by atoms with van der Waals surface area (Å²) in [6, 6.07) is 4.58. The van der Waals surface area contributed by atoms with Gasteiger partial charge in [0.1, 0.15) is 5.82 Å². The Balaban J connectivity index is 2.79. The quantitative estimate of drug-likeness (QED) is 0.343. The first-order valence-electron chi connectivity index (χ1n) is 5.32. The molecule has 1 aromatic rings. The molecule has 7 heteroatoms. The summed E-state index contributed by atoms with van der Waals surface area (Å²) < 4.78 is 19.2. The highest BCUT2D eigenvalue weighted by atomic mass is 79.9. The molecule has 18 heavy (non-hydrogen) atoms. The second kappa shape index (κ2) is 7.30. The van der Waals surface area contributed by atoms with Crippen LogP contribution in [-0.4, -0.2) is 25.7 Å². The zero-order valence-corrected chi connectivity index (χ0v) is 11.8. The Labute approximate surface area is 114 Å². The number of anilines is 1. The number of aliphatic imine (C=N–C) groups is 1. The molecule has 100 valence electrons. The van der Waals surface area contributed by atoms with Gasteiger partial charge in [0.15, 0.2) is 0 Å². The fourth-order valence-corrected chi connectivity index (χ4v) is 1.66. The second-order valence-corrected chi connectivity index (χ2v) is 4.59. The molecule has 0 bridgehead atoms. The van der Waals surface area contributed by atoms with Crippen LogP contribution in [0.2, 0.25) is 0 Å². The molecule has 0 aromatic heterocycles. The Morgan fingerprint density at radius 2 is 2.33 bits per heavy atom. The summed E-state index contributed by atoms with van der Waals surface area (Å²) in [5.74, 6) is 5.21. The number of rotatable bonds is 4. The number of benzene rings is 1. The molecule has 0 heterocycles. The van der Waals surface area contributed by atoms with Gasteiger partial charge in [0.25, 0.3) is 0 Å². The molecule has 0 aliphatic heterocycles. The Bertz CT molecular complexity index is 428. The van der Waals surface area contributed by atoms with E-state index in [9.17, 15) is 4.39 Å². The summed E-state index contributed by atoms with van der Waals surface area (Å²) in [6.45, 7) is 2.32. The Morgan fingerprint density at radius 3 is 2.89 bits per heavy atom. The second-order valence-electron chi connectivity index (χ2n) is 3.68. The van der Waals surface area contributed by atoms with Gasteiger partial charge in [0.05, 0.1) is 18.3 Å². The number of nitrogens with two attached hydrogens (primary N) is 1. The minimum atomic E-state index is -0.397. The van der Waals surface area contributed by atoms with E-state index in [1.807, 2.05) is 6.92 Å². The molecule has 0 aliphatic rings. The first-order chi connectivity index (χ1) is 8.56. The summed E-state index contributed by atoms with van der Waals surface area (Å²) >= 11 is 3.19. The Hall–Kier alpha value is -1.18. The van der Waals surface area contributed by atoms with Crippen LogP contribution >= 0.6 is 15.9 Å². The van der Waals surface area contributed by atoms with Gasteiger partial charge in [-0.3, -0.25) is 5.43 Å². The zero-order chi connectivity index (χ0) is 13.5. The molecular weight excluding hydrogens is 303 g/mol. The molecule has 0 aliphatic carbocycles. The van der Waals surface area contributed by atoms with Gasteiger partial charge in [-0.2, -0.15) is 0 Å². The van der Waals surface area contributed by atoms with E-state index < -0.39 is 5.82 Å². The molecule has 1 aromatic carbocycles. The average molecular weight is 319 g/mol. The number of nitrogens with zero attached hydrogens (tertiary/aromatic N) is 1. The van der Waals surface area contributed by atoms with E-state index in [4.69, 9.17) is 10.6 Å². The maximum atomic E-state index is 13.6. The Kier molecular flexibility index (Phi) is 6.03. The lowest BCUT2D eigenvalue weighted by atomic mass is 10.3. The third-order valence-electron chi connectivity index (χ3n) is 2.08. The number of hydrogen-bond acceptors (Lipinski definition) is 3. The van der Waals surface area contributed by atoms with Crippen molar-refractivity contribution in [3.8, 4) is 0 Å². The SMILES string of the molecule is COCC(C)N=C(NN)Nc1ccc(Br)cc1F. The van der Waals surface area contributed by atoms with E-state index in [1.165, 1.54) is 6.07 Å². The number of halogens is 2. The van der Waals surface area contributed by atoms with Crippen LogP contribution in [0.3, 0.4) is 0 Å². The van der Waals surface area contributed by atoms with Crippen molar-refractivity contribution in [3.05, 3.63) is 28.5 Å². The largest absolute Gasteiger partial charge is 0.382 e. The fourth-order valence-electron chi connectivity index (χ4n) is 1.32. The summed E-state index contributed by atoms with van der Waals surface area (Å²) in [5, 5.41) is 2.78. The molecule has 0 radical (unpaired) electrons. The highest BCUT2D eigenvalue weighted by molar-refractivity contribution is 9.10. The molecule has 0 spiro atoms. The minimum absolute atomic E-state index is 0.0907. The van der Waals surface area contributed by atoms with Crippen molar-refractivity contribution < 1.29 is 9.13 Å². The molecular formula is C11H16BrFN4O. The molecule has 0 saturated heterocycles. The number of methoxy groups -OCH3 is 1. The van der Waals surface area contributed by atoms with Crippen LogP contribution < -0.4 is 16.6 Å². The van der Waals surface area contributed by atoms with Gasteiger partial charge in [-0.1, -0.05) is 15.9 Å². The highest BCUT2D eigenvalue weighted by Crippen LogP contribution is 2.19. The monoisotopic (exact) mass is 318 g/mol. The third kappa shape index (κ3) is 4.59. The summed E-state index contributed by atoms with van der Waals surface area (Å²) in [7, 11) is 1.59. The predicted octanol–water partition coefficient (Wildman–Crippen LogP) is 1.85. The summed E-state index contributed by atoms with van der Waals surface area (Å²) in [6.07, 6.45) is 0. The van der Waals surface area contributed by atoms with E-state index >= 15 is 0 Å². The van der Waals surface area contributed by atoms with Gasteiger partial charge in [0, 0.05) is 11.6 Å². The van der Waals surface area contributed by atoms with Crippen molar-refractivity contribution in [1.29, 1.82) is 0 Å². The van der Waals surface area contributed by atoms with E-state index in [0.717, 1.165) is 0 Å². The Morgan fingerprint density at radius 1 is 1.61 bits per heavy atom. The molecule has 0 fully saturated rings. The van der Waals surface area contributed by atoms with Crippen molar-refractivity contribution >= 4 is 27.6 Å². The van der Waals surface area contributed by atoms with Gasteiger partial charge in [0.2, 0.25) is 5.96 Å². The molecule has 4 N–H and O–H groups in total. The molecule has 1 atom stereocenters. The zero-order valence-electron chi connectivity index (χ0n) is 10.2. The number of nitrogens with one attached hydrogen (secondary N) is 2. The van der Waals surface area contributed by atoms with Gasteiger partial charge in [-0.15, -0.1) is 0 Å². The summed E-state index contributed by atoms with van der Waals surface area (Å²) in [4.78, 5) is 4.21. The van der Waals surface area contributed by atoms with Crippen molar-refractivity contribution in [2.75, 3.05) is 19.0 Å². The topological polar surface area (TPSA) is 71.7 Å². The lowest BCUT2D eigenvalue weighted by Gasteiger charge is -2.12. The first-order valence-corrected chi connectivity index (χ1v) is 6.11. The van der Waals surface area contributed by atoms with E-state index in [-0.39, 0.29) is 12.0 Å². The number of hydrogen-bond donors (Lipinski definition) is 3. The smallest absolute Gasteiger partial charge is 0.210 e. The van der Waals surface area contributed by atoms with Gasteiger partial charge < -0.3 is 10.1 Å². The lowest BCUT2D eigenvalue weighted by Crippen LogP contribution is -2.37. The van der Waals surface area contributed by atoms with Crippen molar-refractivity contribution in [3.63, 3.8) is 0 Å². The molecule has 0 saturated carbocycles. The maximum Gasteiger partial charge on any atom is 0.210 e. The minimum Gasteiger partial charge on any atom is -0.382 e. The van der Waals surface area contributed by atoms with Crippen molar-refractivity contribution in [2.24, 2.45) is 10.8 Å². The van der Waals surface area contributed by atoms with Crippen molar-refractivity contribution in [2.45, 2.75) is 13.0 Å². The van der Waals surface area contributed by atoms with Gasteiger partial charge >= 0.3 is 0 Å². The number of hydrazine groups is 1. The maximum absolute atomic E-state index is 13.6. The van der Waals surface area contributed by atoms with Crippen LogP contribution in [0.1, 0.15) is 6.92 Å². The van der Waals surface area contributed by atoms with Crippen LogP contribution in [0.25, 0.3) is 0 Å². The van der Waals surface area contributed by atoms with Gasteiger partial charge in [-0.25, -0.2) is 15.2 Å². The van der Waals surface area contributed by atoms with Crippen LogP contribution in [0.5, 0.6) is 0 Å².